The molecule has 1 aliphatic heterocycles. The molecule has 18 heavy (non-hydrogen) atoms. The average Bonchev–Trinajstić information content (AvgIpc) is 2.42. The van der Waals surface area contributed by atoms with Crippen LogP contribution >= 0.6 is 0 Å². The number of carbonyl (C=O) groups excluding carboxylic acids is 1. The van der Waals surface area contributed by atoms with Crippen molar-refractivity contribution >= 4 is 5.91 Å². The van der Waals surface area contributed by atoms with Crippen molar-refractivity contribution in [1.82, 2.24) is 10.2 Å². The van der Waals surface area contributed by atoms with Crippen LogP contribution in [0.5, 0.6) is 0 Å². The lowest BCUT2D eigenvalue weighted by Gasteiger charge is -2.31. The Bertz CT molecular complexity index is 381. The summed E-state index contributed by atoms with van der Waals surface area (Å²) in [7, 11) is 0. The number of nitrogens with one attached hydrogen (secondary N) is 1. The molecule has 1 aliphatic rings. The van der Waals surface area contributed by atoms with Crippen LogP contribution in [0, 0.1) is 0 Å². The smallest absolute Gasteiger partial charge is 0.248 e. The molecule has 98 valence electrons. The molecule has 1 aromatic rings. The van der Waals surface area contributed by atoms with E-state index in [2.05, 4.69) is 24.4 Å². The molecule has 0 radical (unpaired) electrons. The van der Waals surface area contributed by atoms with Crippen LogP contribution in [0.15, 0.2) is 30.3 Å². The SMILES string of the molecule is CCNC(CN1CCOCC1=O)c1ccccc1. The normalized spacial score (nSPS) is 17.8. The molecule has 1 unspecified atom stereocenters. The predicted molar refractivity (Wildman–Crippen MR) is 70.3 cm³/mol. The van der Waals surface area contributed by atoms with Gasteiger partial charge in [-0.1, -0.05) is 37.3 Å². The lowest BCUT2D eigenvalue weighted by Crippen LogP contribution is -2.45. The monoisotopic (exact) mass is 248 g/mol. The summed E-state index contributed by atoms with van der Waals surface area (Å²) in [6, 6.07) is 10.4. The first-order chi connectivity index (χ1) is 8.81. The number of hydrogen-bond acceptors (Lipinski definition) is 3. The Morgan fingerprint density at radius 1 is 1.39 bits per heavy atom. The summed E-state index contributed by atoms with van der Waals surface area (Å²) in [4.78, 5) is 13.6. The highest BCUT2D eigenvalue weighted by atomic mass is 16.5. The molecule has 1 aromatic carbocycles. The van der Waals surface area contributed by atoms with Crippen LogP contribution in [-0.2, 0) is 9.53 Å². The minimum absolute atomic E-state index is 0.0834. The topological polar surface area (TPSA) is 41.6 Å². The molecule has 0 spiro atoms. The summed E-state index contributed by atoms with van der Waals surface area (Å²) in [6.45, 7) is 5.22. The maximum atomic E-state index is 11.7. The first-order valence-electron chi connectivity index (χ1n) is 6.45. The maximum absolute atomic E-state index is 11.7. The molecular formula is C14H20N2O2. The molecule has 4 nitrogen and oxygen atoms in total. The molecule has 2 rings (SSSR count). The third-order valence-corrected chi connectivity index (χ3v) is 3.14. The number of ether oxygens (including phenoxy) is 1. The Morgan fingerprint density at radius 3 is 2.83 bits per heavy atom. The number of carbonyl (C=O) groups is 1. The van der Waals surface area contributed by atoms with Crippen LogP contribution < -0.4 is 5.32 Å². The fourth-order valence-electron chi connectivity index (χ4n) is 2.18. The van der Waals surface area contributed by atoms with Gasteiger partial charge >= 0.3 is 0 Å². The van der Waals surface area contributed by atoms with E-state index in [4.69, 9.17) is 4.74 Å². The molecule has 1 N–H and O–H groups in total. The van der Waals surface area contributed by atoms with Crippen molar-refractivity contribution in [2.75, 3.05) is 32.8 Å². The highest BCUT2D eigenvalue weighted by molar-refractivity contribution is 5.78. The molecule has 0 saturated carbocycles. The van der Waals surface area contributed by atoms with E-state index in [1.54, 1.807) is 0 Å². The standard InChI is InChI=1S/C14H20N2O2/c1-2-15-13(12-6-4-3-5-7-12)10-16-8-9-18-11-14(16)17/h3-7,13,15H,2,8-11H2,1H3. The van der Waals surface area contributed by atoms with Gasteiger partial charge in [0.05, 0.1) is 6.61 Å². The molecule has 0 bridgehead atoms. The largest absolute Gasteiger partial charge is 0.370 e. The Kier molecular flexibility index (Phi) is 4.73. The number of morpholine rings is 1. The zero-order chi connectivity index (χ0) is 12.8. The van der Waals surface area contributed by atoms with E-state index < -0.39 is 0 Å². The molecule has 1 heterocycles. The molecule has 0 aliphatic carbocycles. The van der Waals surface area contributed by atoms with Gasteiger partial charge in [-0.15, -0.1) is 0 Å². The van der Waals surface area contributed by atoms with E-state index >= 15 is 0 Å². The number of amides is 1. The van der Waals surface area contributed by atoms with Gasteiger partial charge in [0.2, 0.25) is 5.91 Å². The maximum Gasteiger partial charge on any atom is 0.248 e. The third kappa shape index (κ3) is 3.31. The van der Waals surface area contributed by atoms with E-state index in [0.717, 1.165) is 6.54 Å². The summed E-state index contributed by atoms with van der Waals surface area (Å²) in [5.74, 6) is 0.0834. The van der Waals surface area contributed by atoms with Gasteiger partial charge in [-0.3, -0.25) is 4.79 Å². The van der Waals surface area contributed by atoms with Gasteiger partial charge in [0.25, 0.3) is 0 Å². The molecule has 1 saturated heterocycles. The highest BCUT2D eigenvalue weighted by Gasteiger charge is 2.22. The van der Waals surface area contributed by atoms with Gasteiger partial charge < -0.3 is 15.0 Å². The van der Waals surface area contributed by atoms with Crippen LogP contribution in [0.25, 0.3) is 0 Å². The van der Waals surface area contributed by atoms with Crippen LogP contribution in [0.4, 0.5) is 0 Å². The van der Waals surface area contributed by atoms with Crippen molar-refractivity contribution in [3.63, 3.8) is 0 Å². The number of nitrogens with zero attached hydrogens (tertiary/aromatic N) is 1. The number of benzene rings is 1. The Labute approximate surface area is 108 Å². The van der Waals surface area contributed by atoms with Crippen molar-refractivity contribution in [2.45, 2.75) is 13.0 Å². The number of likely N-dealkylation sites (N-methyl/N-ethyl adjacent to an activating group) is 1. The third-order valence-electron chi connectivity index (χ3n) is 3.14. The predicted octanol–water partition coefficient (Wildman–Crippen LogP) is 1.20. The van der Waals surface area contributed by atoms with E-state index in [9.17, 15) is 4.79 Å². The van der Waals surface area contributed by atoms with Gasteiger partial charge in [0, 0.05) is 19.1 Å². The summed E-state index contributed by atoms with van der Waals surface area (Å²) in [6.07, 6.45) is 0. The van der Waals surface area contributed by atoms with Crippen molar-refractivity contribution in [2.24, 2.45) is 0 Å². The molecule has 1 fully saturated rings. The second kappa shape index (κ2) is 6.52. The average molecular weight is 248 g/mol. The van der Waals surface area contributed by atoms with Crippen LogP contribution in [-0.4, -0.2) is 43.7 Å². The van der Waals surface area contributed by atoms with Crippen LogP contribution in [0.2, 0.25) is 0 Å². The molecular weight excluding hydrogens is 228 g/mol. The Balaban J connectivity index is 2.04. The van der Waals surface area contributed by atoms with Crippen molar-refractivity contribution < 1.29 is 9.53 Å². The van der Waals surface area contributed by atoms with Gasteiger partial charge in [0.15, 0.2) is 0 Å². The molecule has 1 atom stereocenters. The fraction of sp³-hybridized carbons (Fsp3) is 0.500. The van der Waals surface area contributed by atoms with Gasteiger partial charge in [-0.05, 0) is 12.1 Å². The minimum Gasteiger partial charge on any atom is -0.370 e. The van der Waals surface area contributed by atoms with Gasteiger partial charge in [-0.25, -0.2) is 0 Å². The summed E-state index contributed by atoms with van der Waals surface area (Å²) < 4.78 is 5.15. The van der Waals surface area contributed by atoms with Crippen LogP contribution in [0.1, 0.15) is 18.5 Å². The van der Waals surface area contributed by atoms with Gasteiger partial charge in [0.1, 0.15) is 6.61 Å². The highest BCUT2D eigenvalue weighted by Crippen LogP contribution is 2.15. The number of hydrogen-bond donors (Lipinski definition) is 1. The summed E-state index contributed by atoms with van der Waals surface area (Å²) in [5, 5.41) is 3.43. The minimum atomic E-state index is 0.0834. The molecule has 4 heteroatoms. The quantitative estimate of drug-likeness (QED) is 0.851. The lowest BCUT2D eigenvalue weighted by molar-refractivity contribution is -0.143. The zero-order valence-corrected chi connectivity index (χ0v) is 10.8. The van der Waals surface area contributed by atoms with E-state index in [1.807, 2.05) is 23.1 Å². The molecule has 1 amide bonds. The second-order valence-corrected chi connectivity index (χ2v) is 4.41. The Morgan fingerprint density at radius 2 is 2.17 bits per heavy atom. The van der Waals surface area contributed by atoms with Crippen molar-refractivity contribution in [3.05, 3.63) is 35.9 Å². The van der Waals surface area contributed by atoms with Gasteiger partial charge in [-0.2, -0.15) is 0 Å². The fourth-order valence-corrected chi connectivity index (χ4v) is 2.18. The van der Waals surface area contributed by atoms with Crippen molar-refractivity contribution in [1.29, 1.82) is 0 Å². The first-order valence-corrected chi connectivity index (χ1v) is 6.45. The van der Waals surface area contributed by atoms with E-state index in [-0.39, 0.29) is 18.6 Å². The summed E-state index contributed by atoms with van der Waals surface area (Å²) in [5.41, 5.74) is 1.22. The summed E-state index contributed by atoms with van der Waals surface area (Å²) >= 11 is 0. The number of rotatable bonds is 5. The van der Waals surface area contributed by atoms with E-state index in [0.29, 0.717) is 19.7 Å². The lowest BCUT2D eigenvalue weighted by atomic mass is 10.1. The first kappa shape index (κ1) is 13.1. The zero-order valence-electron chi connectivity index (χ0n) is 10.8. The van der Waals surface area contributed by atoms with Crippen molar-refractivity contribution in [3.8, 4) is 0 Å². The second-order valence-electron chi connectivity index (χ2n) is 4.41. The van der Waals surface area contributed by atoms with E-state index in [1.165, 1.54) is 5.56 Å². The molecule has 0 aromatic heterocycles. The van der Waals surface area contributed by atoms with Crippen LogP contribution in [0.3, 0.4) is 0 Å². The Hall–Kier alpha value is -1.39.